The van der Waals surface area contributed by atoms with E-state index in [0.717, 1.165) is 0 Å². The first-order chi connectivity index (χ1) is 6.91. The van der Waals surface area contributed by atoms with Crippen LogP contribution in [0, 0.1) is 5.92 Å². The van der Waals surface area contributed by atoms with E-state index < -0.39 is 0 Å². The molecule has 15 heavy (non-hydrogen) atoms. The Morgan fingerprint density at radius 2 is 2.20 bits per heavy atom. The molecule has 0 rings (SSSR count). The van der Waals surface area contributed by atoms with Crippen molar-refractivity contribution >= 4 is 29.0 Å². The van der Waals surface area contributed by atoms with Crippen molar-refractivity contribution in [3.8, 4) is 0 Å². The molecule has 5 nitrogen and oxygen atoms in total. The predicted molar refractivity (Wildman–Crippen MR) is 63.4 cm³/mol. The Bertz CT molecular complexity index is 264. The van der Waals surface area contributed by atoms with E-state index in [4.69, 9.17) is 10.5 Å². The highest BCUT2D eigenvalue weighted by atomic mass is 32.1. The second-order valence-electron chi connectivity index (χ2n) is 3.58. The number of hydrazone groups is 1. The standard InChI is InChI=1S/C9H17N3O2S/c1-6(2)5-14-8(13)4-7(3)11-12-9(10)15/h6H,4-5H2,1-3H3,(H3,10,12,15)/b11-7+. The topological polar surface area (TPSA) is 76.7 Å². The molecule has 0 atom stereocenters. The minimum absolute atomic E-state index is 0.0740. The van der Waals surface area contributed by atoms with Crippen LogP contribution < -0.4 is 11.2 Å². The zero-order valence-electron chi connectivity index (χ0n) is 9.24. The van der Waals surface area contributed by atoms with Crippen molar-refractivity contribution in [3.05, 3.63) is 0 Å². The molecule has 0 bridgehead atoms. The Kier molecular flexibility index (Phi) is 6.61. The van der Waals surface area contributed by atoms with Gasteiger partial charge in [0.05, 0.1) is 13.0 Å². The van der Waals surface area contributed by atoms with E-state index in [-0.39, 0.29) is 17.5 Å². The van der Waals surface area contributed by atoms with Gasteiger partial charge in [0.25, 0.3) is 0 Å². The molecular weight excluding hydrogens is 214 g/mol. The highest BCUT2D eigenvalue weighted by Crippen LogP contribution is 1.96. The summed E-state index contributed by atoms with van der Waals surface area (Å²) < 4.78 is 4.97. The van der Waals surface area contributed by atoms with Crippen LogP contribution in [-0.2, 0) is 9.53 Å². The molecule has 0 radical (unpaired) electrons. The molecule has 0 unspecified atom stereocenters. The maximum Gasteiger partial charge on any atom is 0.311 e. The number of carbonyl (C=O) groups excluding carboxylic acids is 1. The number of nitrogens with one attached hydrogen (secondary N) is 1. The molecule has 0 spiro atoms. The summed E-state index contributed by atoms with van der Waals surface area (Å²) in [5.41, 5.74) is 8.15. The third-order valence-electron chi connectivity index (χ3n) is 1.33. The highest BCUT2D eigenvalue weighted by Gasteiger charge is 2.06. The Labute approximate surface area is 95.0 Å². The second kappa shape index (κ2) is 7.17. The average molecular weight is 231 g/mol. The Morgan fingerprint density at radius 3 is 2.67 bits per heavy atom. The van der Waals surface area contributed by atoms with Gasteiger partial charge in [0.1, 0.15) is 0 Å². The van der Waals surface area contributed by atoms with E-state index in [1.54, 1.807) is 6.92 Å². The number of hydrogen-bond donors (Lipinski definition) is 2. The average Bonchev–Trinajstić information content (AvgIpc) is 2.11. The normalized spacial score (nSPS) is 11.3. The monoisotopic (exact) mass is 231 g/mol. The molecule has 0 fully saturated rings. The molecule has 0 amide bonds. The van der Waals surface area contributed by atoms with Crippen molar-refractivity contribution < 1.29 is 9.53 Å². The lowest BCUT2D eigenvalue weighted by molar-refractivity contribution is -0.143. The summed E-state index contributed by atoms with van der Waals surface area (Å²) in [6.07, 6.45) is 0.141. The molecule has 0 aromatic carbocycles. The fourth-order valence-corrected chi connectivity index (χ4v) is 0.755. The zero-order valence-corrected chi connectivity index (χ0v) is 10.1. The predicted octanol–water partition coefficient (Wildman–Crippen LogP) is 0.785. The summed E-state index contributed by atoms with van der Waals surface area (Å²) in [4.78, 5) is 11.2. The molecule has 0 aliphatic rings. The van der Waals surface area contributed by atoms with Crippen molar-refractivity contribution in [3.63, 3.8) is 0 Å². The molecule has 6 heteroatoms. The minimum atomic E-state index is -0.297. The van der Waals surface area contributed by atoms with Crippen LogP contribution in [0.25, 0.3) is 0 Å². The SMILES string of the molecule is C/C(CC(=O)OCC(C)C)=N\NC(N)=S. The van der Waals surface area contributed by atoms with Crippen molar-refractivity contribution in [1.82, 2.24) is 5.43 Å². The van der Waals surface area contributed by atoms with Crippen molar-refractivity contribution in [2.75, 3.05) is 6.61 Å². The molecule has 86 valence electrons. The van der Waals surface area contributed by atoms with E-state index in [1.165, 1.54) is 0 Å². The third kappa shape index (κ3) is 9.14. The first-order valence-corrected chi connectivity index (χ1v) is 5.07. The van der Waals surface area contributed by atoms with E-state index in [9.17, 15) is 4.79 Å². The zero-order chi connectivity index (χ0) is 11.8. The van der Waals surface area contributed by atoms with Gasteiger partial charge in [-0.05, 0) is 25.1 Å². The Hall–Kier alpha value is -1.17. The molecule has 0 aliphatic heterocycles. The molecule has 0 aromatic rings. The van der Waals surface area contributed by atoms with Crippen LogP contribution in [0.5, 0.6) is 0 Å². The molecule has 0 aromatic heterocycles. The Balaban J connectivity index is 3.85. The van der Waals surface area contributed by atoms with Gasteiger partial charge in [-0.3, -0.25) is 10.2 Å². The smallest absolute Gasteiger partial charge is 0.311 e. The van der Waals surface area contributed by atoms with Crippen molar-refractivity contribution in [2.24, 2.45) is 16.8 Å². The van der Waals surface area contributed by atoms with Gasteiger partial charge in [-0.1, -0.05) is 13.8 Å². The van der Waals surface area contributed by atoms with Crippen LogP contribution in [-0.4, -0.2) is 23.4 Å². The Morgan fingerprint density at radius 1 is 1.60 bits per heavy atom. The summed E-state index contributed by atoms with van der Waals surface area (Å²) in [5, 5.41) is 3.86. The van der Waals surface area contributed by atoms with Crippen molar-refractivity contribution in [1.29, 1.82) is 0 Å². The van der Waals surface area contributed by atoms with Crippen LogP contribution in [0.15, 0.2) is 5.10 Å². The van der Waals surface area contributed by atoms with Gasteiger partial charge in [0.2, 0.25) is 0 Å². The number of rotatable bonds is 5. The third-order valence-corrected chi connectivity index (χ3v) is 1.43. The summed E-state index contributed by atoms with van der Waals surface area (Å²) in [6, 6.07) is 0. The summed E-state index contributed by atoms with van der Waals surface area (Å²) in [7, 11) is 0. The first-order valence-electron chi connectivity index (χ1n) is 4.66. The van der Waals surface area contributed by atoms with E-state index >= 15 is 0 Å². The number of nitrogens with zero attached hydrogens (tertiary/aromatic N) is 1. The fraction of sp³-hybridized carbons (Fsp3) is 0.667. The second-order valence-corrected chi connectivity index (χ2v) is 4.02. The lowest BCUT2D eigenvalue weighted by Gasteiger charge is -2.06. The van der Waals surface area contributed by atoms with Gasteiger partial charge in [0.15, 0.2) is 5.11 Å². The lowest BCUT2D eigenvalue weighted by atomic mass is 10.2. The van der Waals surface area contributed by atoms with Crippen LogP contribution >= 0.6 is 12.2 Å². The summed E-state index contributed by atoms with van der Waals surface area (Å²) in [5.74, 6) is 0.0376. The van der Waals surface area contributed by atoms with Crippen LogP contribution in [0.4, 0.5) is 0 Å². The fourth-order valence-electron chi connectivity index (χ4n) is 0.710. The van der Waals surface area contributed by atoms with Crippen molar-refractivity contribution in [2.45, 2.75) is 27.2 Å². The van der Waals surface area contributed by atoms with Gasteiger partial charge in [-0.15, -0.1) is 0 Å². The molecule has 0 aliphatic carbocycles. The minimum Gasteiger partial charge on any atom is -0.465 e. The molecule has 0 saturated heterocycles. The number of ether oxygens (including phenoxy) is 1. The van der Waals surface area contributed by atoms with E-state index in [2.05, 4.69) is 22.7 Å². The van der Waals surface area contributed by atoms with Crippen LogP contribution in [0.1, 0.15) is 27.2 Å². The molecule has 0 saturated carbocycles. The van der Waals surface area contributed by atoms with Gasteiger partial charge in [-0.2, -0.15) is 5.10 Å². The van der Waals surface area contributed by atoms with E-state index in [1.807, 2.05) is 13.8 Å². The lowest BCUT2D eigenvalue weighted by Crippen LogP contribution is -2.25. The van der Waals surface area contributed by atoms with E-state index in [0.29, 0.717) is 18.2 Å². The quantitative estimate of drug-likeness (QED) is 0.316. The summed E-state index contributed by atoms with van der Waals surface area (Å²) in [6.45, 7) is 6.07. The molecule has 3 N–H and O–H groups in total. The van der Waals surface area contributed by atoms with Crippen LogP contribution in [0.2, 0.25) is 0 Å². The van der Waals surface area contributed by atoms with Gasteiger partial charge in [0, 0.05) is 5.71 Å². The number of nitrogens with two attached hydrogens (primary N) is 1. The maximum absolute atomic E-state index is 11.2. The van der Waals surface area contributed by atoms with Gasteiger partial charge >= 0.3 is 5.97 Å². The number of thiocarbonyl (C=S) groups is 1. The first kappa shape index (κ1) is 13.8. The molecule has 0 heterocycles. The maximum atomic E-state index is 11.2. The van der Waals surface area contributed by atoms with Gasteiger partial charge < -0.3 is 10.5 Å². The van der Waals surface area contributed by atoms with Crippen LogP contribution in [0.3, 0.4) is 0 Å². The number of carbonyl (C=O) groups is 1. The summed E-state index contributed by atoms with van der Waals surface area (Å²) >= 11 is 4.56. The largest absolute Gasteiger partial charge is 0.465 e. The molecular formula is C9H17N3O2S. The van der Waals surface area contributed by atoms with Gasteiger partial charge in [-0.25, -0.2) is 0 Å². The number of esters is 1. The number of hydrogen-bond acceptors (Lipinski definition) is 4. The highest BCUT2D eigenvalue weighted by molar-refractivity contribution is 7.80.